The molecular formula is C9H11N3O3. The molecule has 1 aromatic heterocycles. The molecule has 0 unspecified atom stereocenters. The average molecular weight is 209 g/mol. The van der Waals surface area contributed by atoms with E-state index in [0.29, 0.717) is 11.4 Å². The molecule has 15 heavy (non-hydrogen) atoms. The van der Waals surface area contributed by atoms with Gasteiger partial charge in [0.15, 0.2) is 0 Å². The van der Waals surface area contributed by atoms with Gasteiger partial charge in [0.05, 0.1) is 17.8 Å². The van der Waals surface area contributed by atoms with Crippen LogP contribution in [-0.4, -0.2) is 27.0 Å². The Balaban J connectivity index is 3.19. The number of aromatic nitrogens is 2. The molecule has 0 aliphatic rings. The molecule has 1 amide bonds. The van der Waals surface area contributed by atoms with Crippen molar-refractivity contribution < 1.29 is 14.7 Å². The smallest absolute Gasteiger partial charge is 0.339 e. The molecule has 0 aliphatic heterocycles. The fraction of sp³-hybridized carbons (Fsp3) is 0.333. The molecule has 1 aromatic rings. The Morgan fingerprint density at radius 3 is 2.07 bits per heavy atom. The first-order valence-electron chi connectivity index (χ1n) is 4.27. The van der Waals surface area contributed by atoms with Crippen molar-refractivity contribution in [3.63, 3.8) is 0 Å². The summed E-state index contributed by atoms with van der Waals surface area (Å²) in [7, 11) is 0. The van der Waals surface area contributed by atoms with Crippen LogP contribution in [-0.2, 0) is 11.2 Å². The molecule has 1 heterocycles. The van der Waals surface area contributed by atoms with Crippen molar-refractivity contribution in [1.29, 1.82) is 0 Å². The lowest BCUT2D eigenvalue weighted by atomic mass is 10.1. The Hall–Kier alpha value is -1.98. The summed E-state index contributed by atoms with van der Waals surface area (Å²) in [6.07, 6.45) is -0.0818. The van der Waals surface area contributed by atoms with Crippen molar-refractivity contribution in [2.45, 2.75) is 20.3 Å². The van der Waals surface area contributed by atoms with Crippen molar-refractivity contribution in [2.24, 2.45) is 5.73 Å². The minimum atomic E-state index is -1.07. The van der Waals surface area contributed by atoms with Crippen LogP contribution < -0.4 is 5.73 Å². The Labute approximate surface area is 86.2 Å². The van der Waals surface area contributed by atoms with Crippen LogP contribution in [0.25, 0.3) is 0 Å². The van der Waals surface area contributed by atoms with Gasteiger partial charge in [0.25, 0.3) is 0 Å². The zero-order valence-electron chi connectivity index (χ0n) is 8.44. The number of rotatable bonds is 3. The first-order chi connectivity index (χ1) is 6.91. The highest BCUT2D eigenvalue weighted by Crippen LogP contribution is 2.10. The molecule has 0 spiro atoms. The highest BCUT2D eigenvalue weighted by atomic mass is 16.4. The van der Waals surface area contributed by atoms with Gasteiger partial charge in [0.2, 0.25) is 5.91 Å². The van der Waals surface area contributed by atoms with Crippen LogP contribution in [0.5, 0.6) is 0 Å². The average Bonchev–Trinajstić information content (AvgIpc) is 1.99. The van der Waals surface area contributed by atoms with Gasteiger partial charge in [-0.1, -0.05) is 0 Å². The van der Waals surface area contributed by atoms with Crippen molar-refractivity contribution in [1.82, 2.24) is 9.97 Å². The second kappa shape index (κ2) is 4.04. The Morgan fingerprint density at radius 2 is 1.73 bits per heavy atom. The van der Waals surface area contributed by atoms with E-state index in [0.717, 1.165) is 0 Å². The number of aryl methyl sites for hydroxylation is 2. The van der Waals surface area contributed by atoms with Crippen LogP contribution >= 0.6 is 0 Å². The van der Waals surface area contributed by atoms with E-state index in [1.807, 2.05) is 0 Å². The lowest BCUT2D eigenvalue weighted by Gasteiger charge is -2.05. The number of carboxylic acid groups (broad SMARTS) is 1. The summed E-state index contributed by atoms with van der Waals surface area (Å²) >= 11 is 0. The molecule has 6 heteroatoms. The third-order valence-electron chi connectivity index (χ3n) is 1.86. The number of carbonyl (C=O) groups excluding carboxylic acids is 1. The number of hydrogen-bond donors (Lipinski definition) is 2. The van der Waals surface area contributed by atoms with Gasteiger partial charge in [-0.3, -0.25) is 4.79 Å². The van der Waals surface area contributed by atoms with Crippen LogP contribution in [0.4, 0.5) is 0 Å². The lowest BCUT2D eigenvalue weighted by Crippen LogP contribution is -2.18. The second-order valence-corrected chi connectivity index (χ2v) is 3.13. The number of carbonyl (C=O) groups is 2. The summed E-state index contributed by atoms with van der Waals surface area (Å²) in [5.41, 5.74) is 5.74. The molecule has 3 N–H and O–H groups in total. The number of nitrogens with zero attached hydrogens (tertiary/aromatic N) is 2. The Kier molecular flexibility index (Phi) is 2.99. The zero-order chi connectivity index (χ0) is 11.6. The summed E-state index contributed by atoms with van der Waals surface area (Å²) < 4.78 is 0. The summed E-state index contributed by atoms with van der Waals surface area (Å²) in [4.78, 5) is 29.2. The Bertz CT molecular complexity index is 406. The van der Waals surface area contributed by atoms with Crippen LogP contribution in [0.15, 0.2) is 0 Å². The highest BCUT2D eigenvalue weighted by molar-refractivity contribution is 5.90. The normalized spacial score (nSPS) is 10.0. The van der Waals surface area contributed by atoms with E-state index in [-0.39, 0.29) is 17.8 Å². The van der Waals surface area contributed by atoms with Crippen molar-refractivity contribution >= 4 is 11.9 Å². The van der Waals surface area contributed by atoms with Gasteiger partial charge in [-0.15, -0.1) is 0 Å². The standard InChI is InChI=1S/C9H11N3O3/c1-4-8(9(14)15)5(2)12-7(11-4)3-6(10)13/h3H2,1-2H3,(H2,10,13)(H,14,15). The van der Waals surface area contributed by atoms with E-state index in [9.17, 15) is 9.59 Å². The molecular weight excluding hydrogens is 198 g/mol. The van der Waals surface area contributed by atoms with Gasteiger partial charge < -0.3 is 10.8 Å². The minimum absolute atomic E-state index is 0.0724. The van der Waals surface area contributed by atoms with Crippen molar-refractivity contribution in [3.05, 3.63) is 22.8 Å². The molecule has 0 atom stereocenters. The summed E-state index contributed by atoms with van der Waals surface area (Å²) in [6.45, 7) is 3.12. The molecule has 0 bridgehead atoms. The van der Waals surface area contributed by atoms with Crippen LogP contribution in [0.3, 0.4) is 0 Å². The van der Waals surface area contributed by atoms with Gasteiger partial charge in [-0.2, -0.15) is 0 Å². The monoisotopic (exact) mass is 209 g/mol. The maximum absolute atomic E-state index is 10.8. The number of carboxylic acids is 1. The third-order valence-corrected chi connectivity index (χ3v) is 1.86. The fourth-order valence-electron chi connectivity index (χ4n) is 1.33. The SMILES string of the molecule is Cc1nc(CC(N)=O)nc(C)c1C(=O)O. The largest absolute Gasteiger partial charge is 0.478 e. The number of nitrogens with two attached hydrogens (primary N) is 1. The van der Waals surface area contributed by atoms with Gasteiger partial charge in [-0.05, 0) is 13.8 Å². The van der Waals surface area contributed by atoms with E-state index in [1.54, 1.807) is 13.8 Å². The van der Waals surface area contributed by atoms with Crippen LogP contribution in [0, 0.1) is 13.8 Å². The molecule has 0 aliphatic carbocycles. The molecule has 80 valence electrons. The predicted molar refractivity (Wildman–Crippen MR) is 51.4 cm³/mol. The number of aromatic carboxylic acids is 1. The molecule has 0 aromatic carbocycles. The lowest BCUT2D eigenvalue weighted by molar-refractivity contribution is -0.117. The van der Waals surface area contributed by atoms with Gasteiger partial charge >= 0.3 is 5.97 Å². The Morgan fingerprint density at radius 1 is 1.27 bits per heavy atom. The van der Waals surface area contributed by atoms with Gasteiger partial charge in [0, 0.05) is 0 Å². The molecule has 1 rings (SSSR count). The maximum Gasteiger partial charge on any atom is 0.339 e. The minimum Gasteiger partial charge on any atom is -0.478 e. The molecule has 6 nitrogen and oxygen atoms in total. The van der Waals surface area contributed by atoms with Crippen molar-refractivity contribution in [2.75, 3.05) is 0 Å². The number of hydrogen-bond acceptors (Lipinski definition) is 4. The third kappa shape index (κ3) is 2.49. The topological polar surface area (TPSA) is 106 Å². The first kappa shape index (κ1) is 11.1. The predicted octanol–water partition coefficient (Wildman–Crippen LogP) is -0.181. The van der Waals surface area contributed by atoms with E-state index in [4.69, 9.17) is 10.8 Å². The van der Waals surface area contributed by atoms with E-state index in [1.165, 1.54) is 0 Å². The molecule has 0 radical (unpaired) electrons. The first-order valence-corrected chi connectivity index (χ1v) is 4.27. The number of amides is 1. The molecule has 0 saturated heterocycles. The molecule has 0 fully saturated rings. The summed E-state index contributed by atoms with van der Waals surface area (Å²) in [5.74, 6) is -1.37. The summed E-state index contributed by atoms with van der Waals surface area (Å²) in [5, 5.41) is 8.85. The zero-order valence-corrected chi connectivity index (χ0v) is 8.44. The van der Waals surface area contributed by atoms with E-state index >= 15 is 0 Å². The summed E-state index contributed by atoms with van der Waals surface area (Å²) in [6, 6.07) is 0. The maximum atomic E-state index is 10.8. The second-order valence-electron chi connectivity index (χ2n) is 3.13. The highest BCUT2D eigenvalue weighted by Gasteiger charge is 2.15. The van der Waals surface area contributed by atoms with Crippen molar-refractivity contribution in [3.8, 4) is 0 Å². The quantitative estimate of drug-likeness (QED) is 0.718. The fourth-order valence-corrected chi connectivity index (χ4v) is 1.33. The van der Waals surface area contributed by atoms with Gasteiger partial charge in [0.1, 0.15) is 11.4 Å². The van der Waals surface area contributed by atoms with Crippen LogP contribution in [0.1, 0.15) is 27.6 Å². The molecule has 0 saturated carbocycles. The van der Waals surface area contributed by atoms with E-state index < -0.39 is 11.9 Å². The number of primary amides is 1. The van der Waals surface area contributed by atoms with E-state index in [2.05, 4.69) is 9.97 Å². The van der Waals surface area contributed by atoms with Gasteiger partial charge in [-0.25, -0.2) is 14.8 Å². The van der Waals surface area contributed by atoms with Crippen LogP contribution in [0.2, 0.25) is 0 Å².